The number of aromatic amines is 1. The highest BCUT2D eigenvalue weighted by Gasteiger charge is 2.30. The third kappa shape index (κ3) is 4.98. The number of carbonyl (C=O) groups is 1. The first kappa shape index (κ1) is 23.9. The Kier molecular flexibility index (Phi) is 7.30. The molecule has 2 aromatic carbocycles. The topological polar surface area (TPSA) is 114 Å². The molecule has 3 aromatic rings. The summed E-state index contributed by atoms with van der Waals surface area (Å²) in [7, 11) is -2.44. The van der Waals surface area contributed by atoms with Gasteiger partial charge in [0.2, 0.25) is 10.0 Å². The standard InChI is InChI=1S/C24H28N4O5S/c1-3-19(23-25-16-20(26-23)17-7-5-4-6-8-17)27-24(29)18-9-10-21(32-2)22(15-18)34(30,31)28-11-13-33-14-12-28/h4-10,15-16,19H,3,11-14H2,1-2H3,(H,25,26)(H,27,29). The molecular formula is C24H28N4O5S. The van der Waals surface area contributed by atoms with Crippen LogP contribution in [0.25, 0.3) is 11.3 Å². The molecule has 1 amide bonds. The Balaban J connectivity index is 1.57. The summed E-state index contributed by atoms with van der Waals surface area (Å²) >= 11 is 0. The molecule has 4 rings (SSSR count). The summed E-state index contributed by atoms with van der Waals surface area (Å²) in [6, 6.07) is 13.8. The van der Waals surface area contributed by atoms with Crippen molar-refractivity contribution in [1.29, 1.82) is 0 Å². The van der Waals surface area contributed by atoms with E-state index in [0.29, 0.717) is 25.5 Å². The molecule has 1 aliphatic heterocycles. The lowest BCUT2D eigenvalue weighted by atomic mass is 10.1. The monoisotopic (exact) mass is 484 g/mol. The zero-order valence-electron chi connectivity index (χ0n) is 19.2. The van der Waals surface area contributed by atoms with Gasteiger partial charge in [-0.3, -0.25) is 4.79 Å². The molecule has 0 saturated carbocycles. The average molecular weight is 485 g/mol. The van der Waals surface area contributed by atoms with E-state index in [9.17, 15) is 13.2 Å². The van der Waals surface area contributed by atoms with Gasteiger partial charge in [0.25, 0.3) is 5.91 Å². The van der Waals surface area contributed by atoms with E-state index in [2.05, 4.69) is 15.3 Å². The van der Waals surface area contributed by atoms with Crippen molar-refractivity contribution in [2.24, 2.45) is 0 Å². The average Bonchev–Trinajstić information content (AvgIpc) is 3.38. The fourth-order valence-corrected chi connectivity index (χ4v) is 5.42. The van der Waals surface area contributed by atoms with Gasteiger partial charge in [0.15, 0.2) is 0 Å². The van der Waals surface area contributed by atoms with Gasteiger partial charge in [-0.1, -0.05) is 37.3 Å². The number of amides is 1. The lowest BCUT2D eigenvalue weighted by Crippen LogP contribution is -2.40. The first-order valence-electron chi connectivity index (χ1n) is 11.1. The van der Waals surface area contributed by atoms with Gasteiger partial charge >= 0.3 is 0 Å². The second kappa shape index (κ2) is 10.4. The summed E-state index contributed by atoms with van der Waals surface area (Å²) in [5, 5.41) is 2.96. The number of H-pyrrole nitrogens is 1. The van der Waals surface area contributed by atoms with E-state index in [1.54, 1.807) is 12.3 Å². The Morgan fingerprint density at radius 3 is 2.62 bits per heavy atom. The molecule has 2 heterocycles. The van der Waals surface area contributed by atoms with Gasteiger partial charge in [0.05, 0.1) is 38.3 Å². The van der Waals surface area contributed by atoms with Crippen molar-refractivity contribution in [1.82, 2.24) is 19.6 Å². The normalized spacial score (nSPS) is 15.6. The van der Waals surface area contributed by atoms with Crippen molar-refractivity contribution in [3.05, 3.63) is 66.1 Å². The molecule has 1 aromatic heterocycles. The third-order valence-electron chi connectivity index (χ3n) is 5.74. The molecule has 1 saturated heterocycles. The maximum absolute atomic E-state index is 13.2. The molecule has 10 heteroatoms. The van der Waals surface area contributed by atoms with Gasteiger partial charge in [0.1, 0.15) is 16.5 Å². The number of morpholine rings is 1. The molecule has 1 atom stereocenters. The van der Waals surface area contributed by atoms with Crippen molar-refractivity contribution >= 4 is 15.9 Å². The molecule has 0 bridgehead atoms. The first-order valence-corrected chi connectivity index (χ1v) is 12.5. The van der Waals surface area contributed by atoms with Crippen LogP contribution in [0.5, 0.6) is 5.75 Å². The van der Waals surface area contributed by atoms with E-state index >= 15 is 0 Å². The maximum atomic E-state index is 13.2. The van der Waals surface area contributed by atoms with Crippen LogP contribution < -0.4 is 10.1 Å². The summed E-state index contributed by atoms with van der Waals surface area (Å²) in [5.74, 6) is 0.420. The number of methoxy groups -OCH3 is 1. The number of carbonyl (C=O) groups excluding carboxylic acids is 1. The highest BCUT2D eigenvalue weighted by atomic mass is 32.2. The van der Waals surface area contributed by atoms with Crippen LogP contribution in [0.15, 0.2) is 59.6 Å². The van der Waals surface area contributed by atoms with Gasteiger partial charge in [-0.05, 0) is 30.2 Å². The van der Waals surface area contributed by atoms with Crippen molar-refractivity contribution < 1.29 is 22.7 Å². The molecule has 2 N–H and O–H groups in total. The van der Waals surface area contributed by atoms with E-state index in [1.165, 1.54) is 23.5 Å². The van der Waals surface area contributed by atoms with Crippen LogP contribution in [0.3, 0.4) is 0 Å². The Labute approximate surface area is 199 Å². The van der Waals surface area contributed by atoms with E-state index in [4.69, 9.17) is 9.47 Å². The highest BCUT2D eigenvalue weighted by Crippen LogP contribution is 2.29. The molecule has 0 spiro atoms. The lowest BCUT2D eigenvalue weighted by Gasteiger charge is -2.26. The van der Waals surface area contributed by atoms with Crippen LogP contribution >= 0.6 is 0 Å². The SMILES string of the molecule is CCC(NC(=O)c1ccc(OC)c(S(=O)(=O)N2CCOCC2)c1)c1ncc(-c2ccccc2)[nH]1. The number of nitrogens with zero attached hydrogens (tertiary/aromatic N) is 2. The zero-order chi connectivity index (χ0) is 24.1. The summed E-state index contributed by atoms with van der Waals surface area (Å²) in [6.45, 7) is 3.10. The van der Waals surface area contributed by atoms with Crippen LogP contribution in [0, 0.1) is 0 Å². The van der Waals surface area contributed by atoms with Crippen LogP contribution in [-0.2, 0) is 14.8 Å². The Bertz CT molecular complexity index is 1240. The van der Waals surface area contributed by atoms with E-state index in [1.807, 2.05) is 37.3 Å². The summed E-state index contributed by atoms with van der Waals surface area (Å²) < 4.78 is 38.3. The molecule has 34 heavy (non-hydrogen) atoms. The summed E-state index contributed by atoms with van der Waals surface area (Å²) in [4.78, 5) is 20.8. The van der Waals surface area contributed by atoms with Crippen LogP contribution in [0.2, 0.25) is 0 Å². The number of ether oxygens (including phenoxy) is 2. The smallest absolute Gasteiger partial charge is 0.251 e. The largest absolute Gasteiger partial charge is 0.495 e. The second-order valence-corrected chi connectivity index (χ2v) is 9.77. The number of hydrogen-bond donors (Lipinski definition) is 2. The minimum Gasteiger partial charge on any atom is -0.495 e. The van der Waals surface area contributed by atoms with Crippen molar-refractivity contribution in [2.45, 2.75) is 24.3 Å². The molecule has 180 valence electrons. The fraction of sp³-hybridized carbons (Fsp3) is 0.333. The number of rotatable bonds is 8. The highest BCUT2D eigenvalue weighted by molar-refractivity contribution is 7.89. The van der Waals surface area contributed by atoms with E-state index < -0.39 is 15.9 Å². The number of nitrogens with one attached hydrogen (secondary N) is 2. The summed E-state index contributed by atoms with van der Waals surface area (Å²) in [5.41, 5.74) is 2.07. The Hall–Kier alpha value is -3.21. The third-order valence-corrected chi connectivity index (χ3v) is 7.66. The summed E-state index contributed by atoms with van der Waals surface area (Å²) in [6.07, 6.45) is 2.34. The van der Waals surface area contributed by atoms with Gasteiger partial charge < -0.3 is 19.8 Å². The van der Waals surface area contributed by atoms with Crippen molar-refractivity contribution in [3.8, 4) is 17.0 Å². The molecule has 1 unspecified atom stereocenters. The lowest BCUT2D eigenvalue weighted by molar-refractivity contribution is 0.0729. The number of aromatic nitrogens is 2. The van der Waals surface area contributed by atoms with Gasteiger partial charge in [-0.15, -0.1) is 0 Å². The Morgan fingerprint density at radius 2 is 1.94 bits per heavy atom. The van der Waals surface area contributed by atoms with Gasteiger partial charge in [-0.2, -0.15) is 4.31 Å². The zero-order valence-corrected chi connectivity index (χ0v) is 20.0. The van der Waals surface area contributed by atoms with Gasteiger partial charge in [0, 0.05) is 18.7 Å². The minimum absolute atomic E-state index is 0.0399. The first-order chi connectivity index (χ1) is 16.4. The van der Waals surface area contributed by atoms with Gasteiger partial charge in [-0.25, -0.2) is 13.4 Å². The van der Waals surface area contributed by atoms with Crippen molar-refractivity contribution in [3.63, 3.8) is 0 Å². The number of hydrogen-bond acceptors (Lipinski definition) is 6. The Morgan fingerprint density at radius 1 is 1.21 bits per heavy atom. The van der Waals surface area contributed by atoms with Crippen LogP contribution in [0.1, 0.15) is 35.6 Å². The maximum Gasteiger partial charge on any atom is 0.251 e. The molecule has 0 aliphatic carbocycles. The predicted molar refractivity (Wildman–Crippen MR) is 127 cm³/mol. The molecule has 0 radical (unpaired) electrons. The van der Waals surface area contributed by atoms with E-state index in [-0.39, 0.29) is 35.3 Å². The van der Waals surface area contributed by atoms with E-state index in [0.717, 1.165) is 11.3 Å². The number of imidazole rings is 1. The molecular weight excluding hydrogens is 456 g/mol. The van der Waals surface area contributed by atoms with Crippen LogP contribution in [-0.4, -0.2) is 62.0 Å². The van der Waals surface area contributed by atoms with Crippen molar-refractivity contribution in [2.75, 3.05) is 33.4 Å². The minimum atomic E-state index is -3.84. The number of sulfonamides is 1. The predicted octanol–water partition coefficient (Wildman–Crippen LogP) is 2.99. The molecule has 1 fully saturated rings. The second-order valence-electron chi connectivity index (χ2n) is 7.86. The number of benzene rings is 2. The molecule has 9 nitrogen and oxygen atoms in total. The molecule has 1 aliphatic rings. The van der Waals surface area contributed by atoms with Crippen LogP contribution in [0.4, 0.5) is 0 Å². The quantitative estimate of drug-likeness (QED) is 0.508. The fourth-order valence-electron chi connectivity index (χ4n) is 3.83.